The zero-order valence-corrected chi connectivity index (χ0v) is 13.0. The number of rotatable bonds is 8. The first-order valence-electron chi connectivity index (χ1n) is 7.79. The molecular weight excluding hydrogens is 270 g/mol. The average Bonchev–Trinajstić information content (AvgIpc) is 2.53. The van der Waals surface area contributed by atoms with E-state index in [0.29, 0.717) is 37.7 Å². The lowest BCUT2D eigenvalue weighted by Gasteiger charge is -2.26. The maximum atomic E-state index is 5.57. The van der Waals surface area contributed by atoms with Crippen molar-refractivity contribution in [3.05, 3.63) is 0 Å². The highest BCUT2D eigenvalue weighted by atomic mass is 16.5. The highest BCUT2D eigenvalue weighted by molar-refractivity contribution is 5.38. The standard InChI is InChI=1S/C14H25N5O2/c1-3-15-12-16-13(19-8-6-5-7-9-19)18-14(17-12)21-11-10-20-4-2/h3-11H2,1-2H3,(H,15,16,17,18). The van der Waals surface area contributed by atoms with Crippen LogP contribution in [0.1, 0.15) is 33.1 Å². The number of piperidine rings is 1. The zero-order valence-electron chi connectivity index (χ0n) is 13.0. The predicted octanol–water partition coefficient (Wildman–Crippen LogP) is 1.71. The number of nitrogens with one attached hydrogen (secondary N) is 1. The van der Waals surface area contributed by atoms with E-state index in [1.807, 2.05) is 13.8 Å². The molecule has 7 heteroatoms. The number of anilines is 2. The lowest BCUT2D eigenvalue weighted by Crippen LogP contribution is -2.31. The van der Waals surface area contributed by atoms with E-state index < -0.39 is 0 Å². The van der Waals surface area contributed by atoms with E-state index in [2.05, 4.69) is 25.2 Å². The minimum absolute atomic E-state index is 0.362. The molecule has 0 spiro atoms. The van der Waals surface area contributed by atoms with Crippen molar-refractivity contribution >= 4 is 11.9 Å². The van der Waals surface area contributed by atoms with Crippen molar-refractivity contribution in [2.24, 2.45) is 0 Å². The molecule has 1 fully saturated rings. The van der Waals surface area contributed by atoms with Gasteiger partial charge in [-0.3, -0.25) is 0 Å². The van der Waals surface area contributed by atoms with E-state index in [1.165, 1.54) is 19.3 Å². The Kier molecular flexibility index (Phi) is 6.46. The van der Waals surface area contributed by atoms with Crippen LogP contribution in [0.5, 0.6) is 6.01 Å². The SMILES string of the molecule is CCNc1nc(OCCOCC)nc(N2CCCCC2)n1. The molecule has 0 aromatic carbocycles. The Morgan fingerprint density at radius 3 is 2.57 bits per heavy atom. The van der Waals surface area contributed by atoms with Crippen LogP contribution >= 0.6 is 0 Å². The number of aromatic nitrogens is 3. The molecule has 0 amide bonds. The van der Waals surface area contributed by atoms with Crippen LogP contribution in [0.4, 0.5) is 11.9 Å². The summed E-state index contributed by atoms with van der Waals surface area (Å²) in [5.74, 6) is 1.27. The van der Waals surface area contributed by atoms with Gasteiger partial charge in [0.25, 0.3) is 0 Å². The topological polar surface area (TPSA) is 72.4 Å². The first kappa shape index (κ1) is 15.8. The summed E-state index contributed by atoms with van der Waals surface area (Å²) in [5, 5.41) is 3.13. The lowest BCUT2D eigenvalue weighted by molar-refractivity contribution is 0.106. The Balaban J connectivity index is 2.05. The van der Waals surface area contributed by atoms with Crippen LogP contribution in [0.15, 0.2) is 0 Å². The van der Waals surface area contributed by atoms with Crippen LogP contribution in [0.25, 0.3) is 0 Å². The molecule has 2 heterocycles. The van der Waals surface area contributed by atoms with E-state index in [1.54, 1.807) is 0 Å². The van der Waals surface area contributed by atoms with Crippen molar-refractivity contribution in [2.45, 2.75) is 33.1 Å². The van der Waals surface area contributed by atoms with Crippen molar-refractivity contribution in [1.82, 2.24) is 15.0 Å². The number of nitrogens with zero attached hydrogens (tertiary/aromatic N) is 4. The Hall–Kier alpha value is -1.63. The van der Waals surface area contributed by atoms with Gasteiger partial charge in [-0.25, -0.2) is 0 Å². The van der Waals surface area contributed by atoms with Gasteiger partial charge in [-0.15, -0.1) is 0 Å². The summed E-state index contributed by atoms with van der Waals surface area (Å²) in [6.07, 6.45) is 3.64. The third-order valence-electron chi connectivity index (χ3n) is 3.24. The van der Waals surface area contributed by atoms with Crippen molar-refractivity contribution < 1.29 is 9.47 Å². The van der Waals surface area contributed by atoms with Crippen LogP contribution in [0.2, 0.25) is 0 Å². The Morgan fingerprint density at radius 2 is 1.86 bits per heavy atom. The number of hydrogen-bond acceptors (Lipinski definition) is 7. The highest BCUT2D eigenvalue weighted by Gasteiger charge is 2.16. The second-order valence-electron chi connectivity index (χ2n) is 4.87. The maximum Gasteiger partial charge on any atom is 0.323 e. The van der Waals surface area contributed by atoms with Crippen LogP contribution in [0.3, 0.4) is 0 Å². The molecule has 1 N–H and O–H groups in total. The smallest absolute Gasteiger partial charge is 0.323 e. The second-order valence-corrected chi connectivity index (χ2v) is 4.87. The molecule has 0 unspecified atom stereocenters. The number of hydrogen-bond donors (Lipinski definition) is 1. The van der Waals surface area contributed by atoms with Gasteiger partial charge in [-0.2, -0.15) is 15.0 Å². The van der Waals surface area contributed by atoms with Crippen LogP contribution in [-0.2, 0) is 4.74 Å². The van der Waals surface area contributed by atoms with Gasteiger partial charge in [0, 0.05) is 26.2 Å². The Morgan fingerprint density at radius 1 is 1.05 bits per heavy atom. The maximum absolute atomic E-state index is 5.57. The quantitative estimate of drug-likeness (QED) is 0.732. The zero-order chi connectivity index (χ0) is 14.9. The molecule has 1 aliphatic heterocycles. The van der Waals surface area contributed by atoms with E-state index in [-0.39, 0.29) is 0 Å². The van der Waals surface area contributed by atoms with E-state index in [9.17, 15) is 0 Å². The summed E-state index contributed by atoms with van der Waals surface area (Å²) in [6.45, 7) is 8.40. The monoisotopic (exact) mass is 295 g/mol. The molecule has 0 saturated carbocycles. The highest BCUT2D eigenvalue weighted by Crippen LogP contribution is 2.19. The predicted molar refractivity (Wildman–Crippen MR) is 82.0 cm³/mol. The fourth-order valence-corrected chi connectivity index (χ4v) is 2.22. The molecule has 1 aliphatic rings. The fraction of sp³-hybridized carbons (Fsp3) is 0.786. The molecular formula is C14H25N5O2. The van der Waals surface area contributed by atoms with E-state index in [0.717, 1.165) is 19.6 Å². The first-order chi connectivity index (χ1) is 10.3. The van der Waals surface area contributed by atoms with Crippen LogP contribution < -0.4 is 15.0 Å². The molecule has 21 heavy (non-hydrogen) atoms. The minimum Gasteiger partial charge on any atom is -0.461 e. The molecule has 7 nitrogen and oxygen atoms in total. The molecule has 2 rings (SSSR count). The van der Waals surface area contributed by atoms with E-state index >= 15 is 0 Å². The Labute approximate surface area is 126 Å². The van der Waals surface area contributed by atoms with Crippen molar-refractivity contribution in [3.8, 4) is 6.01 Å². The summed E-state index contributed by atoms with van der Waals surface area (Å²) in [7, 11) is 0. The molecule has 0 radical (unpaired) electrons. The van der Waals surface area contributed by atoms with Crippen molar-refractivity contribution in [2.75, 3.05) is 49.7 Å². The minimum atomic E-state index is 0.362. The van der Waals surface area contributed by atoms with Gasteiger partial charge in [0.1, 0.15) is 6.61 Å². The summed E-state index contributed by atoms with van der Waals surface area (Å²) in [6, 6.07) is 0.362. The van der Waals surface area contributed by atoms with Gasteiger partial charge in [-0.1, -0.05) is 0 Å². The normalized spacial score (nSPS) is 15.0. The fourth-order valence-electron chi connectivity index (χ4n) is 2.22. The average molecular weight is 295 g/mol. The van der Waals surface area contributed by atoms with Gasteiger partial charge >= 0.3 is 6.01 Å². The van der Waals surface area contributed by atoms with Gasteiger partial charge in [0.2, 0.25) is 11.9 Å². The molecule has 1 aromatic heterocycles. The first-order valence-corrected chi connectivity index (χ1v) is 7.79. The summed E-state index contributed by atoms with van der Waals surface area (Å²) >= 11 is 0. The van der Waals surface area contributed by atoms with E-state index in [4.69, 9.17) is 9.47 Å². The van der Waals surface area contributed by atoms with Crippen LogP contribution in [-0.4, -0.2) is 54.4 Å². The largest absolute Gasteiger partial charge is 0.461 e. The Bertz CT molecular complexity index is 424. The van der Waals surface area contributed by atoms with Crippen LogP contribution in [0, 0.1) is 0 Å². The van der Waals surface area contributed by atoms with Crippen molar-refractivity contribution in [3.63, 3.8) is 0 Å². The number of ether oxygens (including phenoxy) is 2. The van der Waals surface area contributed by atoms with Gasteiger partial charge in [-0.05, 0) is 33.1 Å². The molecule has 0 atom stereocenters. The summed E-state index contributed by atoms with van der Waals surface area (Å²) in [5.41, 5.74) is 0. The molecule has 1 aromatic rings. The molecule has 0 bridgehead atoms. The van der Waals surface area contributed by atoms with Gasteiger partial charge < -0.3 is 19.7 Å². The van der Waals surface area contributed by atoms with Gasteiger partial charge in [0.15, 0.2) is 0 Å². The third kappa shape index (κ3) is 5.00. The van der Waals surface area contributed by atoms with Gasteiger partial charge in [0.05, 0.1) is 6.61 Å². The molecule has 1 saturated heterocycles. The summed E-state index contributed by atoms with van der Waals surface area (Å²) in [4.78, 5) is 15.4. The summed E-state index contributed by atoms with van der Waals surface area (Å²) < 4.78 is 10.8. The third-order valence-corrected chi connectivity index (χ3v) is 3.24. The molecule has 118 valence electrons. The van der Waals surface area contributed by atoms with Crippen molar-refractivity contribution in [1.29, 1.82) is 0 Å². The molecule has 0 aliphatic carbocycles. The lowest BCUT2D eigenvalue weighted by atomic mass is 10.1. The second kappa shape index (κ2) is 8.61.